The number of rotatable bonds is 6. The number of carbonyl (C=O) groups is 1. The number of hydrogen-bond donors (Lipinski definition) is 1. The molecule has 1 fully saturated rings. The summed E-state index contributed by atoms with van der Waals surface area (Å²) in [5.41, 5.74) is 0.433. The van der Waals surface area contributed by atoms with Crippen molar-refractivity contribution in [3.8, 4) is 5.75 Å². The van der Waals surface area contributed by atoms with Gasteiger partial charge in [-0.25, -0.2) is 8.42 Å². The number of likely N-dealkylation sites (N-methyl/N-ethyl adjacent to an activating group) is 1. The largest absolute Gasteiger partial charge is 0.497 e. The molecule has 134 valence electrons. The second kappa shape index (κ2) is 7.85. The van der Waals surface area contributed by atoms with Crippen LogP contribution in [-0.4, -0.2) is 71.9 Å². The van der Waals surface area contributed by atoms with Crippen LogP contribution >= 0.6 is 0 Å². The predicted molar refractivity (Wildman–Crippen MR) is 93.0 cm³/mol. The van der Waals surface area contributed by atoms with E-state index in [-0.39, 0.29) is 12.5 Å². The van der Waals surface area contributed by atoms with Gasteiger partial charge in [-0.1, -0.05) is 6.07 Å². The lowest BCUT2D eigenvalue weighted by Crippen LogP contribution is -3.14. The first kappa shape index (κ1) is 18.5. The standard InChI is InChI=1S/C16H25N3O4S/c1-4-17-8-10-18(11-9-17)16(20)13-19(24(3,21)22)14-6-5-7-15(12-14)23-2/h5-7,12H,4,8-11,13H2,1-3H3/p+1. The van der Waals surface area contributed by atoms with Crippen molar-refractivity contribution in [3.05, 3.63) is 24.3 Å². The third-order valence-corrected chi connectivity index (χ3v) is 5.48. The summed E-state index contributed by atoms with van der Waals surface area (Å²) < 4.78 is 30.6. The van der Waals surface area contributed by atoms with E-state index in [2.05, 4.69) is 6.92 Å². The Balaban J connectivity index is 2.13. The second-order valence-electron chi connectivity index (χ2n) is 5.96. The van der Waals surface area contributed by atoms with Gasteiger partial charge in [-0.15, -0.1) is 0 Å². The van der Waals surface area contributed by atoms with E-state index in [0.717, 1.165) is 30.2 Å². The number of sulfonamides is 1. The number of methoxy groups -OCH3 is 1. The number of hydrogen-bond acceptors (Lipinski definition) is 4. The molecule has 0 aromatic heterocycles. The fraction of sp³-hybridized carbons (Fsp3) is 0.562. The van der Waals surface area contributed by atoms with Gasteiger partial charge in [-0.2, -0.15) is 0 Å². The Morgan fingerprint density at radius 1 is 1.33 bits per heavy atom. The van der Waals surface area contributed by atoms with Gasteiger partial charge in [0, 0.05) is 6.07 Å². The van der Waals surface area contributed by atoms with Crippen molar-refractivity contribution in [1.29, 1.82) is 0 Å². The number of nitrogens with one attached hydrogen (secondary N) is 1. The SMILES string of the molecule is CC[NH+]1CCN(C(=O)CN(c2cccc(OC)c2)S(C)(=O)=O)CC1. The molecule has 0 atom stereocenters. The third-order valence-electron chi connectivity index (χ3n) is 4.34. The normalized spacial score (nSPS) is 16.0. The summed E-state index contributed by atoms with van der Waals surface area (Å²) in [5.74, 6) is 0.382. The molecule has 1 amide bonds. The average Bonchev–Trinajstić information content (AvgIpc) is 2.58. The smallest absolute Gasteiger partial charge is 0.243 e. The minimum absolute atomic E-state index is 0.168. The average molecular weight is 356 g/mol. The highest BCUT2D eigenvalue weighted by Gasteiger charge is 2.27. The highest BCUT2D eigenvalue weighted by Crippen LogP contribution is 2.23. The molecule has 24 heavy (non-hydrogen) atoms. The van der Waals surface area contributed by atoms with Crippen LogP contribution in [0.15, 0.2) is 24.3 Å². The molecule has 0 unspecified atom stereocenters. The van der Waals surface area contributed by atoms with Crippen LogP contribution in [0.25, 0.3) is 0 Å². The van der Waals surface area contributed by atoms with Gasteiger partial charge in [0.15, 0.2) is 0 Å². The summed E-state index contributed by atoms with van der Waals surface area (Å²) in [7, 11) is -2.05. The minimum Gasteiger partial charge on any atom is -0.497 e. The molecule has 1 aliphatic rings. The van der Waals surface area contributed by atoms with E-state index >= 15 is 0 Å². The maximum absolute atomic E-state index is 12.6. The van der Waals surface area contributed by atoms with Gasteiger partial charge in [0.1, 0.15) is 12.3 Å². The topological polar surface area (TPSA) is 71.4 Å². The maximum Gasteiger partial charge on any atom is 0.243 e. The van der Waals surface area contributed by atoms with Gasteiger partial charge in [0.25, 0.3) is 0 Å². The van der Waals surface area contributed by atoms with Crippen LogP contribution in [-0.2, 0) is 14.8 Å². The van der Waals surface area contributed by atoms with E-state index in [1.54, 1.807) is 29.2 Å². The predicted octanol–water partition coefficient (Wildman–Crippen LogP) is -0.792. The number of anilines is 1. The molecule has 1 N–H and O–H groups in total. The molecule has 1 aromatic carbocycles. The van der Waals surface area contributed by atoms with Crippen LogP contribution in [0.2, 0.25) is 0 Å². The summed E-state index contributed by atoms with van der Waals surface area (Å²) in [6.07, 6.45) is 1.11. The van der Waals surface area contributed by atoms with Crippen molar-refractivity contribution in [2.75, 3.05) is 56.9 Å². The molecule has 1 aromatic rings. The zero-order valence-electron chi connectivity index (χ0n) is 14.5. The van der Waals surface area contributed by atoms with Crippen molar-refractivity contribution < 1.29 is 22.8 Å². The first-order valence-corrected chi connectivity index (χ1v) is 9.93. The molecule has 0 bridgehead atoms. The van der Waals surface area contributed by atoms with Crippen molar-refractivity contribution in [2.45, 2.75) is 6.92 Å². The van der Waals surface area contributed by atoms with E-state index in [0.29, 0.717) is 24.5 Å². The number of ether oxygens (including phenoxy) is 1. The van der Waals surface area contributed by atoms with Crippen LogP contribution in [0.1, 0.15) is 6.92 Å². The van der Waals surface area contributed by atoms with Crippen LogP contribution in [0.4, 0.5) is 5.69 Å². The van der Waals surface area contributed by atoms with Crippen molar-refractivity contribution in [3.63, 3.8) is 0 Å². The van der Waals surface area contributed by atoms with Crippen LogP contribution in [0.3, 0.4) is 0 Å². The first-order valence-electron chi connectivity index (χ1n) is 8.08. The summed E-state index contributed by atoms with van der Waals surface area (Å²) in [4.78, 5) is 15.8. The van der Waals surface area contributed by atoms with E-state index in [4.69, 9.17) is 4.74 Å². The monoisotopic (exact) mass is 356 g/mol. The van der Waals surface area contributed by atoms with Crippen molar-refractivity contribution in [1.82, 2.24) is 4.90 Å². The molecule has 7 nitrogen and oxygen atoms in total. The molecule has 8 heteroatoms. The summed E-state index contributed by atoms with van der Waals surface area (Å²) in [6.45, 7) is 6.12. The number of piperazine rings is 1. The molecule has 1 saturated heterocycles. The maximum atomic E-state index is 12.6. The van der Waals surface area contributed by atoms with Gasteiger partial charge in [-0.3, -0.25) is 9.10 Å². The second-order valence-corrected chi connectivity index (χ2v) is 7.86. The van der Waals surface area contributed by atoms with E-state index in [1.807, 2.05) is 0 Å². The highest BCUT2D eigenvalue weighted by atomic mass is 32.2. The summed E-state index contributed by atoms with van der Waals surface area (Å²) in [5, 5.41) is 0. The molecule has 1 aliphatic heterocycles. The Hall–Kier alpha value is -1.80. The lowest BCUT2D eigenvalue weighted by Gasteiger charge is -2.33. The van der Waals surface area contributed by atoms with Crippen molar-refractivity contribution >= 4 is 21.6 Å². The molecule has 0 aliphatic carbocycles. The fourth-order valence-corrected chi connectivity index (χ4v) is 3.66. The molecule has 2 rings (SSSR count). The first-order chi connectivity index (χ1) is 11.3. The number of quaternary nitrogens is 1. The Morgan fingerprint density at radius 3 is 2.54 bits per heavy atom. The Labute approximate surface area is 143 Å². The number of amides is 1. The van der Waals surface area contributed by atoms with E-state index < -0.39 is 10.0 Å². The Bertz CT molecular complexity index is 670. The molecular formula is C16H26N3O4S+. The van der Waals surface area contributed by atoms with E-state index in [1.165, 1.54) is 12.0 Å². The molecular weight excluding hydrogens is 330 g/mol. The lowest BCUT2D eigenvalue weighted by atomic mass is 10.3. The Kier molecular flexibility index (Phi) is 6.06. The van der Waals surface area contributed by atoms with Gasteiger partial charge < -0.3 is 14.5 Å². The molecule has 0 radical (unpaired) electrons. The Morgan fingerprint density at radius 2 is 2.00 bits per heavy atom. The van der Waals surface area contributed by atoms with Gasteiger partial charge in [0.2, 0.25) is 15.9 Å². The van der Waals surface area contributed by atoms with Gasteiger partial charge in [-0.05, 0) is 19.1 Å². The van der Waals surface area contributed by atoms with Crippen LogP contribution < -0.4 is 13.9 Å². The van der Waals surface area contributed by atoms with Crippen LogP contribution in [0.5, 0.6) is 5.75 Å². The zero-order valence-corrected chi connectivity index (χ0v) is 15.3. The highest BCUT2D eigenvalue weighted by molar-refractivity contribution is 7.92. The van der Waals surface area contributed by atoms with Gasteiger partial charge >= 0.3 is 0 Å². The lowest BCUT2D eigenvalue weighted by molar-refractivity contribution is -0.902. The minimum atomic E-state index is -3.57. The number of carbonyl (C=O) groups excluding carboxylic acids is 1. The zero-order chi connectivity index (χ0) is 17.7. The summed E-state index contributed by atoms with van der Waals surface area (Å²) in [6, 6.07) is 6.72. The van der Waals surface area contributed by atoms with E-state index in [9.17, 15) is 13.2 Å². The quantitative estimate of drug-likeness (QED) is 0.725. The molecule has 0 spiro atoms. The van der Waals surface area contributed by atoms with Crippen molar-refractivity contribution in [2.24, 2.45) is 0 Å². The molecule has 1 heterocycles. The fourth-order valence-electron chi connectivity index (χ4n) is 2.81. The molecule has 0 saturated carbocycles. The number of nitrogens with zero attached hydrogens (tertiary/aromatic N) is 2. The summed E-state index contributed by atoms with van der Waals surface area (Å²) >= 11 is 0. The van der Waals surface area contributed by atoms with Gasteiger partial charge in [0.05, 0.1) is 51.8 Å². The van der Waals surface area contributed by atoms with Crippen LogP contribution in [0, 0.1) is 0 Å². The third kappa shape index (κ3) is 4.61. The number of benzene rings is 1.